The van der Waals surface area contributed by atoms with Crippen molar-refractivity contribution in [3.8, 4) is 0 Å². The lowest BCUT2D eigenvalue weighted by Crippen LogP contribution is -2.53. The molecule has 1 aromatic heterocycles. The number of halogens is 1. The van der Waals surface area contributed by atoms with Crippen LogP contribution in [0.4, 0.5) is 0 Å². The van der Waals surface area contributed by atoms with Gasteiger partial charge in [0, 0.05) is 36.2 Å². The average molecular weight is 290 g/mol. The largest absolute Gasteiger partial charge is 0.353 e. The summed E-state index contributed by atoms with van der Waals surface area (Å²) in [5, 5.41) is 5.74. The number of pyridine rings is 1. The minimum absolute atomic E-state index is 0.0869. The number of benzene rings is 1. The summed E-state index contributed by atoms with van der Waals surface area (Å²) < 4.78 is 0. The van der Waals surface area contributed by atoms with E-state index in [9.17, 15) is 4.79 Å². The molecule has 5 heteroatoms. The first kappa shape index (κ1) is 13.3. The molecule has 1 N–H and O–H groups in total. The Balaban J connectivity index is 1.84. The second-order valence-corrected chi connectivity index (χ2v) is 5.54. The molecule has 1 fully saturated rings. The number of aromatic nitrogens is 1. The molecule has 1 aliphatic rings. The van der Waals surface area contributed by atoms with Crippen molar-refractivity contribution in [1.82, 2.24) is 15.2 Å². The van der Waals surface area contributed by atoms with Crippen molar-refractivity contribution in [1.29, 1.82) is 0 Å². The fourth-order valence-electron chi connectivity index (χ4n) is 2.50. The van der Waals surface area contributed by atoms with E-state index in [0.717, 1.165) is 23.0 Å². The number of hydrogen-bond acceptors (Lipinski definition) is 3. The van der Waals surface area contributed by atoms with Crippen molar-refractivity contribution in [3.05, 3.63) is 41.2 Å². The van der Waals surface area contributed by atoms with Crippen LogP contribution in [-0.2, 0) is 11.3 Å². The quantitative estimate of drug-likeness (QED) is 0.922. The Morgan fingerprint density at radius 2 is 2.25 bits per heavy atom. The van der Waals surface area contributed by atoms with Crippen molar-refractivity contribution >= 4 is 28.3 Å². The van der Waals surface area contributed by atoms with Crippen LogP contribution in [0.1, 0.15) is 12.6 Å². The van der Waals surface area contributed by atoms with Crippen LogP contribution in [0, 0.1) is 0 Å². The summed E-state index contributed by atoms with van der Waals surface area (Å²) in [4.78, 5) is 18.3. The number of amides is 1. The molecule has 20 heavy (non-hydrogen) atoms. The number of hydrogen-bond donors (Lipinski definition) is 1. The van der Waals surface area contributed by atoms with E-state index in [0.29, 0.717) is 18.1 Å². The van der Waals surface area contributed by atoms with Gasteiger partial charge in [0.15, 0.2) is 0 Å². The van der Waals surface area contributed by atoms with Crippen molar-refractivity contribution in [2.24, 2.45) is 0 Å². The monoisotopic (exact) mass is 289 g/mol. The summed E-state index contributed by atoms with van der Waals surface area (Å²) >= 11 is 5.97. The summed E-state index contributed by atoms with van der Waals surface area (Å²) in [5.41, 5.74) is 0.973. The minimum atomic E-state index is -0.105. The highest BCUT2D eigenvalue weighted by Crippen LogP contribution is 2.20. The highest BCUT2D eigenvalue weighted by Gasteiger charge is 2.25. The van der Waals surface area contributed by atoms with Crippen LogP contribution < -0.4 is 5.32 Å². The number of nitrogens with one attached hydrogen (secondary N) is 1. The highest BCUT2D eigenvalue weighted by molar-refractivity contribution is 6.31. The van der Waals surface area contributed by atoms with Gasteiger partial charge in [-0.05, 0) is 30.5 Å². The van der Waals surface area contributed by atoms with Gasteiger partial charge in [-0.25, -0.2) is 0 Å². The molecular formula is C15H16ClN3O. The summed E-state index contributed by atoms with van der Waals surface area (Å²) in [7, 11) is 0. The molecule has 0 radical (unpaired) electrons. The van der Waals surface area contributed by atoms with Crippen LogP contribution in [0.15, 0.2) is 30.5 Å². The number of carbonyl (C=O) groups is 1. The van der Waals surface area contributed by atoms with E-state index in [1.54, 1.807) is 0 Å². The smallest absolute Gasteiger partial charge is 0.237 e. The van der Waals surface area contributed by atoms with E-state index in [1.165, 1.54) is 0 Å². The Labute approximate surface area is 122 Å². The number of fused-ring (bicyclic) bond motifs is 1. The molecule has 1 amide bonds. The van der Waals surface area contributed by atoms with Gasteiger partial charge in [0.05, 0.1) is 11.7 Å². The van der Waals surface area contributed by atoms with Gasteiger partial charge in [-0.15, -0.1) is 0 Å². The molecule has 1 unspecified atom stereocenters. The SMILES string of the molecule is CC1C(=O)NCCN1Cc1cc2ccc(Cl)cc2cn1. The molecule has 1 atom stereocenters. The Bertz CT molecular complexity index is 659. The summed E-state index contributed by atoms with van der Waals surface area (Å²) in [6, 6.07) is 7.74. The topological polar surface area (TPSA) is 45.2 Å². The lowest BCUT2D eigenvalue weighted by molar-refractivity contribution is -0.128. The average Bonchev–Trinajstić information content (AvgIpc) is 2.44. The van der Waals surface area contributed by atoms with Crippen molar-refractivity contribution in [2.75, 3.05) is 13.1 Å². The van der Waals surface area contributed by atoms with E-state index >= 15 is 0 Å². The zero-order valence-corrected chi connectivity index (χ0v) is 12.0. The second kappa shape index (κ2) is 5.38. The van der Waals surface area contributed by atoms with Crippen LogP contribution in [0.5, 0.6) is 0 Å². The molecule has 0 bridgehead atoms. The first-order chi connectivity index (χ1) is 9.63. The van der Waals surface area contributed by atoms with Gasteiger partial charge in [0.2, 0.25) is 5.91 Å². The molecule has 0 spiro atoms. The van der Waals surface area contributed by atoms with E-state index in [-0.39, 0.29) is 11.9 Å². The van der Waals surface area contributed by atoms with Gasteiger partial charge >= 0.3 is 0 Å². The van der Waals surface area contributed by atoms with E-state index in [2.05, 4.69) is 21.3 Å². The van der Waals surface area contributed by atoms with Crippen molar-refractivity contribution < 1.29 is 4.79 Å². The Morgan fingerprint density at radius 1 is 1.40 bits per heavy atom. The molecule has 2 aromatic rings. The molecule has 1 aromatic carbocycles. The third-order valence-electron chi connectivity index (χ3n) is 3.73. The maximum atomic E-state index is 11.7. The predicted octanol–water partition coefficient (Wildman–Crippen LogP) is 2.21. The first-order valence-electron chi connectivity index (χ1n) is 6.69. The van der Waals surface area contributed by atoms with Crippen molar-refractivity contribution in [3.63, 3.8) is 0 Å². The Morgan fingerprint density at radius 3 is 3.10 bits per heavy atom. The van der Waals surface area contributed by atoms with E-state index in [1.807, 2.05) is 31.3 Å². The fraction of sp³-hybridized carbons (Fsp3) is 0.333. The lowest BCUT2D eigenvalue weighted by Gasteiger charge is -2.32. The summed E-state index contributed by atoms with van der Waals surface area (Å²) in [6.07, 6.45) is 1.84. The molecule has 0 aliphatic carbocycles. The Kier molecular flexibility index (Phi) is 3.59. The van der Waals surface area contributed by atoms with Gasteiger partial charge in [-0.1, -0.05) is 17.7 Å². The summed E-state index contributed by atoms with van der Waals surface area (Å²) in [6.45, 7) is 4.17. The normalized spacial score (nSPS) is 20.1. The van der Waals surface area contributed by atoms with E-state index < -0.39 is 0 Å². The Hall–Kier alpha value is -1.65. The number of rotatable bonds is 2. The third-order valence-corrected chi connectivity index (χ3v) is 3.97. The van der Waals surface area contributed by atoms with Crippen molar-refractivity contribution in [2.45, 2.75) is 19.5 Å². The molecule has 3 rings (SSSR count). The first-order valence-corrected chi connectivity index (χ1v) is 7.07. The third kappa shape index (κ3) is 2.62. The minimum Gasteiger partial charge on any atom is -0.353 e. The van der Waals surface area contributed by atoms with Gasteiger partial charge in [0.1, 0.15) is 0 Å². The molecule has 2 heterocycles. The number of piperazine rings is 1. The second-order valence-electron chi connectivity index (χ2n) is 5.10. The van der Waals surface area contributed by atoms with Gasteiger partial charge in [-0.3, -0.25) is 14.7 Å². The highest BCUT2D eigenvalue weighted by atomic mass is 35.5. The predicted molar refractivity (Wildman–Crippen MR) is 79.6 cm³/mol. The van der Waals surface area contributed by atoms with Crippen LogP contribution in [-0.4, -0.2) is 34.9 Å². The van der Waals surface area contributed by atoms with Crippen LogP contribution in [0.3, 0.4) is 0 Å². The van der Waals surface area contributed by atoms with E-state index in [4.69, 9.17) is 11.6 Å². The number of carbonyl (C=O) groups excluding carboxylic acids is 1. The molecule has 0 saturated carbocycles. The van der Waals surface area contributed by atoms with Gasteiger partial charge < -0.3 is 5.32 Å². The molecular weight excluding hydrogens is 274 g/mol. The molecule has 1 aliphatic heterocycles. The molecule has 1 saturated heterocycles. The standard InChI is InChI=1S/C15H16ClN3O/c1-10-15(20)17-4-5-19(10)9-14-7-11-2-3-13(16)6-12(11)8-18-14/h2-3,6-8,10H,4-5,9H2,1H3,(H,17,20). The lowest BCUT2D eigenvalue weighted by atomic mass is 10.1. The fourth-order valence-corrected chi connectivity index (χ4v) is 2.68. The zero-order chi connectivity index (χ0) is 14.1. The maximum Gasteiger partial charge on any atom is 0.237 e. The molecule has 4 nitrogen and oxygen atoms in total. The van der Waals surface area contributed by atoms with Crippen LogP contribution in [0.2, 0.25) is 5.02 Å². The van der Waals surface area contributed by atoms with Gasteiger partial charge in [0.25, 0.3) is 0 Å². The summed E-state index contributed by atoms with van der Waals surface area (Å²) in [5.74, 6) is 0.0869. The number of nitrogens with zero attached hydrogens (tertiary/aromatic N) is 2. The van der Waals surface area contributed by atoms with Crippen LogP contribution in [0.25, 0.3) is 10.8 Å². The molecule has 104 valence electrons. The maximum absolute atomic E-state index is 11.7. The zero-order valence-electron chi connectivity index (χ0n) is 11.3. The van der Waals surface area contributed by atoms with Crippen LogP contribution >= 0.6 is 11.6 Å². The van der Waals surface area contributed by atoms with Gasteiger partial charge in [-0.2, -0.15) is 0 Å².